The molecule has 0 saturated carbocycles. The van der Waals surface area contributed by atoms with E-state index in [1.807, 2.05) is 0 Å². The Labute approximate surface area is 219 Å². The van der Waals surface area contributed by atoms with E-state index in [0.29, 0.717) is 48.5 Å². The maximum absolute atomic E-state index is 13.0. The van der Waals surface area contributed by atoms with Crippen LogP contribution in [0.15, 0.2) is 47.4 Å². The third-order valence-corrected chi connectivity index (χ3v) is 7.08. The number of carbonyl (C=O) groups excluding carboxylic acids is 3. The summed E-state index contributed by atoms with van der Waals surface area (Å²) in [4.78, 5) is 50.9. The monoisotopic (exact) mass is 549 g/mol. The summed E-state index contributed by atoms with van der Waals surface area (Å²) in [7, 11) is 0. The summed E-state index contributed by atoms with van der Waals surface area (Å²) in [5, 5.41) is 10.7. The number of thioether (sulfide) groups is 1. The summed E-state index contributed by atoms with van der Waals surface area (Å²) in [5.41, 5.74) is -1.65. The van der Waals surface area contributed by atoms with Crippen LogP contribution in [0.4, 0.5) is 23.7 Å². The van der Waals surface area contributed by atoms with Crippen molar-refractivity contribution >= 4 is 40.6 Å². The van der Waals surface area contributed by atoms with Gasteiger partial charge in [0.1, 0.15) is 12.3 Å². The quantitative estimate of drug-likeness (QED) is 0.258. The number of ether oxygens (including phenoxy) is 1. The number of hydrogen-bond acceptors (Lipinski definition) is 7. The van der Waals surface area contributed by atoms with Crippen LogP contribution in [0, 0.1) is 16.0 Å². The van der Waals surface area contributed by atoms with Crippen molar-refractivity contribution in [3.63, 3.8) is 0 Å². The van der Waals surface area contributed by atoms with Gasteiger partial charge in [0.05, 0.1) is 15.4 Å². The summed E-state index contributed by atoms with van der Waals surface area (Å²) in [6.45, 7) is 2.91. The second-order valence-electron chi connectivity index (χ2n) is 8.94. The Balaban J connectivity index is 1.49. The number of nitro groups is 1. The lowest BCUT2D eigenvalue weighted by atomic mass is 9.99. The van der Waals surface area contributed by atoms with Gasteiger partial charge in [-0.1, -0.05) is 19.1 Å². The highest BCUT2D eigenvalue weighted by Gasteiger charge is 2.37. The summed E-state index contributed by atoms with van der Waals surface area (Å²) >= 11 is 0.677. The van der Waals surface area contributed by atoms with Gasteiger partial charge in [-0.15, -0.1) is 0 Å². The molecule has 0 aliphatic carbocycles. The van der Waals surface area contributed by atoms with Gasteiger partial charge in [-0.2, -0.15) is 13.2 Å². The van der Waals surface area contributed by atoms with Crippen molar-refractivity contribution in [3.8, 4) is 11.5 Å². The predicted molar refractivity (Wildman–Crippen MR) is 132 cm³/mol. The zero-order valence-electron chi connectivity index (χ0n) is 20.1. The predicted octanol–water partition coefficient (Wildman–Crippen LogP) is 5.70. The number of amides is 3. The highest BCUT2D eigenvalue weighted by atomic mass is 32.2. The van der Waals surface area contributed by atoms with Crippen LogP contribution < -0.4 is 4.74 Å². The van der Waals surface area contributed by atoms with E-state index in [4.69, 9.17) is 4.74 Å². The Kier molecular flexibility index (Phi) is 7.76. The molecule has 0 bridgehead atoms. The molecule has 0 aromatic heterocycles. The largest absolute Gasteiger partial charge is 0.450 e. The average Bonchev–Trinajstić information content (AvgIpc) is 3.11. The van der Waals surface area contributed by atoms with Crippen molar-refractivity contribution in [2.24, 2.45) is 5.92 Å². The van der Waals surface area contributed by atoms with Crippen molar-refractivity contribution in [1.82, 2.24) is 9.80 Å². The summed E-state index contributed by atoms with van der Waals surface area (Å²) in [6, 6.07) is 7.87. The van der Waals surface area contributed by atoms with Gasteiger partial charge in [-0.25, -0.2) is 0 Å². The highest BCUT2D eigenvalue weighted by molar-refractivity contribution is 8.18. The molecule has 9 nitrogen and oxygen atoms in total. The first-order valence-electron chi connectivity index (χ1n) is 11.6. The van der Waals surface area contributed by atoms with Gasteiger partial charge in [0.15, 0.2) is 0 Å². The van der Waals surface area contributed by atoms with E-state index in [-0.39, 0.29) is 23.1 Å². The molecule has 4 rings (SSSR count). The summed E-state index contributed by atoms with van der Waals surface area (Å²) in [6.07, 6.45) is -1.63. The number of likely N-dealkylation sites (tertiary alicyclic amines) is 1. The third-order valence-electron chi connectivity index (χ3n) is 6.17. The Morgan fingerprint density at radius 1 is 1.18 bits per heavy atom. The van der Waals surface area contributed by atoms with Crippen LogP contribution in [0.25, 0.3) is 6.08 Å². The lowest BCUT2D eigenvalue weighted by Gasteiger charge is -2.31. The Morgan fingerprint density at radius 2 is 1.89 bits per heavy atom. The fourth-order valence-electron chi connectivity index (χ4n) is 4.00. The molecule has 3 amide bonds. The van der Waals surface area contributed by atoms with Crippen LogP contribution in [0.3, 0.4) is 0 Å². The van der Waals surface area contributed by atoms with Crippen molar-refractivity contribution in [3.05, 3.63) is 68.6 Å². The van der Waals surface area contributed by atoms with Gasteiger partial charge >= 0.3 is 11.9 Å². The minimum atomic E-state index is -4.76. The van der Waals surface area contributed by atoms with Crippen molar-refractivity contribution in [2.45, 2.75) is 25.9 Å². The number of nitro benzene ring substituents is 1. The molecule has 2 aliphatic rings. The Hall–Kier alpha value is -3.87. The molecule has 0 N–H and O–H groups in total. The number of imide groups is 1. The SMILES string of the molecule is CC1CCN(C(=O)CN2C(=O)S/C(=C/c3cccc(Oc4ccc(C(F)(F)F)cc4[N+](=O)[O-])c3)C2=O)CC1. The summed E-state index contributed by atoms with van der Waals surface area (Å²) < 4.78 is 44.3. The van der Waals surface area contributed by atoms with Gasteiger partial charge in [0, 0.05) is 19.2 Å². The van der Waals surface area contributed by atoms with Crippen LogP contribution in [-0.2, 0) is 15.8 Å². The van der Waals surface area contributed by atoms with Crippen molar-refractivity contribution in [2.75, 3.05) is 19.6 Å². The maximum Gasteiger partial charge on any atom is 0.416 e. The fraction of sp³-hybridized carbons (Fsp3) is 0.320. The van der Waals surface area contributed by atoms with Crippen LogP contribution in [0.1, 0.15) is 30.9 Å². The molecule has 0 atom stereocenters. The molecule has 2 heterocycles. The highest BCUT2D eigenvalue weighted by Crippen LogP contribution is 2.38. The molecular weight excluding hydrogens is 527 g/mol. The molecular formula is C25H22F3N3O6S. The van der Waals surface area contributed by atoms with E-state index in [9.17, 15) is 37.7 Å². The number of alkyl halides is 3. The minimum Gasteiger partial charge on any atom is -0.450 e. The standard InChI is InChI=1S/C25H22F3N3O6S/c1-15-7-9-29(10-8-15)22(32)14-30-23(33)21(38-24(30)34)12-16-3-2-4-18(11-16)37-20-6-5-17(25(26,27)28)13-19(20)31(35)36/h2-6,11-13,15H,7-10,14H2,1H3/b21-12+. The lowest BCUT2D eigenvalue weighted by molar-refractivity contribution is -0.385. The lowest BCUT2D eigenvalue weighted by Crippen LogP contribution is -2.45. The van der Waals surface area contributed by atoms with Gasteiger partial charge < -0.3 is 9.64 Å². The van der Waals surface area contributed by atoms with Crippen molar-refractivity contribution < 1.29 is 37.2 Å². The molecule has 200 valence electrons. The first-order valence-corrected chi connectivity index (χ1v) is 12.4. The van der Waals surface area contributed by atoms with Crippen LogP contribution in [0.2, 0.25) is 0 Å². The third kappa shape index (κ3) is 6.15. The van der Waals surface area contributed by atoms with Crippen LogP contribution in [-0.4, -0.2) is 51.4 Å². The van der Waals surface area contributed by atoms with E-state index in [2.05, 4.69) is 6.92 Å². The molecule has 2 fully saturated rings. The van der Waals surface area contributed by atoms with Gasteiger partial charge in [0.25, 0.3) is 11.1 Å². The number of piperidine rings is 1. The van der Waals surface area contributed by atoms with Crippen LogP contribution in [0.5, 0.6) is 11.5 Å². The topological polar surface area (TPSA) is 110 Å². The van der Waals surface area contributed by atoms with Gasteiger partial charge in [0.2, 0.25) is 11.7 Å². The van der Waals surface area contributed by atoms with E-state index in [1.54, 1.807) is 11.0 Å². The molecule has 2 aliphatic heterocycles. The summed E-state index contributed by atoms with van der Waals surface area (Å²) in [5.74, 6) is -0.733. The number of rotatable bonds is 6. The average molecular weight is 550 g/mol. The molecule has 13 heteroatoms. The number of carbonyl (C=O) groups is 3. The normalized spacial score (nSPS) is 17.8. The molecule has 38 heavy (non-hydrogen) atoms. The number of hydrogen-bond donors (Lipinski definition) is 0. The number of benzene rings is 2. The molecule has 2 aromatic carbocycles. The second kappa shape index (κ2) is 10.9. The fourth-order valence-corrected chi connectivity index (χ4v) is 4.84. The number of halogens is 3. The van der Waals surface area contributed by atoms with E-state index >= 15 is 0 Å². The molecule has 0 radical (unpaired) electrons. The smallest absolute Gasteiger partial charge is 0.416 e. The number of nitrogens with zero attached hydrogens (tertiary/aromatic N) is 3. The van der Waals surface area contributed by atoms with E-state index < -0.39 is 39.2 Å². The van der Waals surface area contributed by atoms with Crippen LogP contribution >= 0.6 is 11.8 Å². The minimum absolute atomic E-state index is 0.0651. The Morgan fingerprint density at radius 3 is 2.55 bits per heavy atom. The zero-order chi connectivity index (χ0) is 27.6. The molecule has 2 aromatic rings. The van der Waals surface area contributed by atoms with Gasteiger partial charge in [-0.05, 0) is 66.4 Å². The molecule has 2 saturated heterocycles. The molecule has 0 unspecified atom stereocenters. The van der Waals surface area contributed by atoms with Gasteiger partial charge in [-0.3, -0.25) is 29.4 Å². The van der Waals surface area contributed by atoms with E-state index in [0.717, 1.165) is 23.8 Å². The van der Waals surface area contributed by atoms with Crippen molar-refractivity contribution in [1.29, 1.82) is 0 Å². The van der Waals surface area contributed by atoms with E-state index in [1.165, 1.54) is 24.3 Å². The zero-order valence-corrected chi connectivity index (χ0v) is 20.9. The Bertz CT molecular complexity index is 1320. The maximum atomic E-state index is 13.0. The second-order valence-corrected chi connectivity index (χ2v) is 9.94. The first kappa shape index (κ1) is 27.2. The first-order chi connectivity index (χ1) is 17.9. The molecule has 0 spiro atoms.